The van der Waals surface area contributed by atoms with Crippen molar-refractivity contribution in [2.45, 2.75) is 24.8 Å². The molecule has 0 bridgehead atoms. The largest absolute Gasteiger partial charge is 0.491 e. The molecule has 1 N–H and O–H groups in total. The van der Waals surface area contributed by atoms with E-state index in [1.807, 2.05) is 44.2 Å². The second-order valence-corrected chi connectivity index (χ2v) is 7.36. The highest BCUT2D eigenvalue weighted by Crippen LogP contribution is 2.29. The fourth-order valence-corrected chi connectivity index (χ4v) is 3.29. The minimum Gasteiger partial charge on any atom is -0.491 e. The summed E-state index contributed by atoms with van der Waals surface area (Å²) in [6.45, 7) is 3.81. The molecule has 0 aliphatic rings. The molecular formula is C18H18N2O4S. The smallest absolute Gasteiger partial charge is 0.264 e. The molecule has 3 rings (SSSR count). The summed E-state index contributed by atoms with van der Waals surface area (Å²) < 4.78 is 38.2. The van der Waals surface area contributed by atoms with Crippen molar-refractivity contribution >= 4 is 15.9 Å². The summed E-state index contributed by atoms with van der Waals surface area (Å²) in [5, 5.41) is 3.70. The van der Waals surface area contributed by atoms with Crippen LogP contribution in [-0.2, 0) is 10.0 Å². The van der Waals surface area contributed by atoms with E-state index in [9.17, 15) is 8.42 Å². The average Bonchev–Trinajstić information content (AvgIpc) is 3.03. The lowest BCUT2D eigenvalue weighted by Crippen LogP contribution is -2.13. The van der Waals surface area contributed by atoms with Crippen molar-refractivity contribution in [3.8, 4) is 16.9 Å². The van der Waals surface area contributed by atoms with Crippen molar-refractivity contribution in [3.63, 3.8) is 0 Å². The van der Waals surface area contributed by atoms with Gasteiger partial charge in [-0.1, -0.05) is 35.5 Å². The van der Waals surface area contributed by atoms with Crippen molar-refractivity contribution in [2.75, 3.05) is 4.72 Å². The van der Waals surface area contributed by atoms with Crippen molar-refractivity contribution in [1.82, 2.24) is 5.16 Å². The first-order chi connectivity index (χ1) is 12.0. The highest BCUT2D eigenvalue weighted by atomic mass is 32.2. The molecule has 0 radical (unpaired) electrons. The number of ether oxygens (including phenoxy) is 1. The van der Waals surface area contributed by atoms with Crippen molar-refractivity contribution < 1.29 is 17.7 Å². The molecule has 0 aliphatic heterocycles. The molecule has 130 valence electrons. The Balaban J connectivity index is 1.84. The first-order valence-electron chi connectivity index (χ1n) is 7.75. The number of anilines is 1. The number of hydrogen-bond acceptors (Lipinski definition) is 5. The lowest BCUT2D eigenvalue weighted by atomic mass is 10.1. The molecule has 0 unspecified atom stereocenters. The van der Waals surface area contributed by atoms with Crippen LogP contribution in [0.3, 0.4) is 0 Å². The van der Waals surface area contributed by atoms with E-state index in [0.717, 1.165) is 5.56 Å². The SMILES string of the molecule is CC(C)Oc1ccc(S(=O)(=O)Nc2oncc2-c2ccccc2)cc1. The zero-order valence-corrected chi connectivity index (χ0v) is 14.7. The maximum absolute atomic E-state index is 12.6. The number of benzene rings is 2. The molecule has 2 aromatic carbocycles. The van der Waals surface area contributed by atoms with E-state index >= 15 is 0 Å². The predicted octanol–water partition coefficient (Wildman–Crippen LogP) is 3.93. The number of nitrogens with one attached hydrogen (secondary N) is 1. The molecule has 25 heavy (non-hydrogen) atoms. The van der Waals surface area contributed by atoms with Gasteiger partial charge in [0.05, 0.1) is 22.8 Å². The number of sulfonamides is 1. The van der Waals surface area contributed by atoms with Crippen LogP contribution in [0.1, 0.15) is 13.8 Å². The van der Waals surface area contributed by atoms with Crippen LogP contribution in [-0.4, -0.2) is 19.7 Å². The maximum Gasteiger partial charge on any atom is 0.264 e. The van der Waals surface area contributed by atoms with Crippen LogP contribution in [0, 0.1) is 0 Å². The summed E-state index contributed by atoms with van der Waals surface area (Å²) in [6.07, 6.45) is 1.50. The first kappa shape index (κ1) is 17.0. The third kappa shape index (κ3) is 4.00. The molecule has 1 aromatic heterocycles. The Kier molecular flexibility index (Phi) is 4.76. The highest BCUT2D eigenvalue weighted by molar-refractivity contribution is 7.92. The molecule has 0 fully saturated rings. The average molecular weight is 358 g/mol. The standard InChI is InChI=1S/C18H18N2O4S/c1-13(2)23-15-8-10-16(11-9-15)25(21,22)20-18-17(12-19-24-18)14-6-4-3-5-7-14/h3-13,20H,1-2H3. The minimum atomic E-state index is -3.80. The molecule has 6 nitrogen and oxygen atoms in total. The molecule has 0 atom stereocenters. The summed E-state index contributed by atoms with van der Waals surface area (Å²) in [5.74, 6) is 0.687. The van der Waals surface area contributed by atoms with Gasteiger partial charge < -0.3 is 9.26 Å². The van der Waals surface area contributed by atoms with Gasteiger partial charge >= 0.3 is 0 Å². The van der Waals surface area contributed by atoms with E-state index in [2.05, 4.69) is 9.88 Å². The van der Waals surface area contributed by atoms with Crippen LogP contribution in [0.25, 0.3) is 11.1 Å². The molecule has 0 aliphatic carbocycles. The minimum absolute atomic E-state index is 0.0169. The van der Waals surface area contributed by atoms with E-state index in [1.54, 1.807) is 12.1 Å². The molecular weight excluding hydrogens is 340 g/mol. The normalized spacial score (nSPS) is 11.5. The van der Waals surface area contributed by atoms with Crippen LogP contribution in [0.15, 0.2) is 70.2 Å². The van der Waals surface area contributed by atoms with Gasteiger partial charge in [-0.3, -0.25) is 0 Å². The predicted molar refractivity (Wildman–Crippen MR) is 95.0 cm³/mol. The lowest BCUT2D eigenvalue weighted by molar-refractivity contribution is 0.242. The summed E-state index contributed by atoms with van der Waals surface area (Å²) in [6, 6.07) is 15.5. The van der Waals surface area contributed by atoms with E-state index in [4.69, 9.17) is 9.26 Å². The molecule has 1 heterocycles. The van der Waals surface area contributed by atoms with E-state index < -0.39 is 10.0 Å². The molecule has 7 heteroatoms. The van der Waals surface area contributed by atoms with Crippen LogP contribution in [0.4, 0.5) is 5.88 Å². The van der Waals surface area contributed by atoms with Crippen molar-refractivity contribution in [2.24, 2.45) is 0 Å². The Bertz CT molecular complexity index is 933. The van der Waals surface area contributed by atoms with E-state index in [0.29, 0.717) is 11.3 Å². The monoisotopic (exact) mass is 358 g/mol. The topological polar surface area (TPSA) is 81.4 Å². The Morgan fingerprint density at radius 1 is 1.04 bits per heavy atom. The third-order valence-electron chi connectivity index (χ3n) is 3.39. The Morgan fingerprint density at radius 3 is 2.36 bits per heavy atom. The van der Waals surface area contributed by atoms with Crippen LogP contribution >= 0.6 is 0 Å². The molecule has 3 aromatic rings. The zero-order valence-electron chi connectivity index (χ0n) is 13.8. The molecule has 0 amide bonds. The van der Waals surface area contributed by atoms with Gasteiger partial charge in [0.2, 0.25) is 5.88 Å². The first-order valence-corrected chi connectivity index (χ1v) is 9.23. The lowest BCUT2D eigenvalue weighted by Gasteiger charge is -2.11. The van der Waals surface area contributed by atoms with E-state index in [-0.39, 0.29) is 16.9 Å². The number of aromatic nitrogens is 1. The van der Waals surface area contributed by atoms with Gasteiger partial charge in [0, 0.05) is 0 Å². The van der Waals surface area contributed by atoms with Crippen molar-refractivity contribution in [3.05, 3.63) is 60.8 Å². The van der Waals surface area contributed by atoms with Crippen LogP contribution in [0.5, 0.6) is 5.75 Å². The number of rotatable bonds is 6. The van der Waals surface area contributed by atoms with E-state index in [1.165, 1.54) is 18.3 Å². The highest BCUT2D eigenvalue weighted by Gasteiger charge is 2.20. The van der Waals surface area contributed by atoms with Gasteiger partial charge in [-0.2, -0.15) is 0 Å². The van der Waals surface area contributed by atoms with Gasteiger partial charge in [0.15, 0.2) is 0 Å². The Hall–Kier alpha value is -2.80. The molecule has 0 saturated carbocycles. The number of nitrogens with zero attached hydrogens (tertiary/aromatic N) is 1. The fraction of sp³-hybridized carbons (Fsp3) is 0.167. The molecule has 0 spiro atoms. The van der Waals surface area contributed by atoms with Gasteiger partial charge in [0.25, 0.3) is 10.0 Å². The number of hydrogen-bond donors (Lipinski definition) is 1. The second kappa shape index (κ2) is 6.98. The maximum atomic E-state index is 12.6. The zero-order chi connectivity index (χ0) is 17.9. The summed E-state index contributed by atoms with van der Waals surface area (Å²) in [7, 11) is -3.80. The van der Waals surface area contributed by atoms with Crippen LogP contribution in [0.2, 0.25) is 0 Å². The Labute approximate surface area is 146 Å². The molecule has 0 saturated heterocycles. The fourth-order valence-electron chi connectivity index (χ4n) is 2.29. The van der Waals surface area contributed by atoms with Crippen LogP contribution < -0.4 is 9.46 Å². The second-order valence-electron chi connectivity index (χ2n) is 5.68. The third-order valence-corrected chi connectivity index (χ3v) is 4.73. The van der Waals surface area contributed by atoms with Gasteiger partial charge in [0.1, 0.15) is 5.75 Å². The summed E-state index contributed by atoms with van der Waals surface area (Å²) in [5.41, 5.74) is 1.38. The van der Waals surface area contributed by atoms with Crippen molar-refractivity contribution in [1.29, 1.82) is 0 Å². The Morgan fingerprint density at radius 2 is 1.72 bits per heavy atom. The van der Waals surface area contributed by atoms with Gasteiger partial charge in [-0.15, -0.1) is 0 Å². The summed E-state index contributed by atoms with van der Waals surface area (Å²) >= 11 is 0. The summed E-state index contributed by atoms with van der Waals surface area (Å²) in [4.78, 5) is 0.110. The van der Waals surface area contributed by atoms with Gasteiger partial charge in [-0.05, 0) is 43.7 Å². The van der Waals surface area contributed by atoms with Gasteiger partial charge in [-0.25, -0.2) is 13.1 Å². The quantitative estimate of drug-likeness (QED) is 0.722.